The van der Waals surface area contributed by atoms with Crippen molar-refractivity contribution in [1.29, 1.82) is 0 Å². The zero-order valence-corrected chi connectivity index (χ0v) is 12.2. The molecule has 1 aliphatic rings. The van der Waals surface area contributed by atoms with Crippen LogP contribution in [0.15, 0.2) is 24.3 Å². The first kappa shape index (κ1) is 13.2. The summed E-state index contributed by atoms with van der Waals surface area (Å²) in [6.07, 6.45) is 4.16. The molecule has 0 aliphatic heterocycles. The first-order chi connectivity index (χ1) is 9.65. The van der Waals surface area contributed by atoms with Crippen molar-refractivity contribution >= 4 is 28.0 Å². The van der Waals surface area contributed by atoms with Gasteiger partial charge < -0.3 is 10.4 Å². The fourth-order valence-electron chi connectivity index (χ4n) is 2.65. The van der Waals surface area contributed by atoms with Crippen molar-refractivity contribution in [3.05, 3.63) is 45.8 Å². The molecule has 0 spiro atoms. The third-order valence-electron chi connectivity index (χ3n) is 3.69. The number of thiophene rings is 1. The minimum Gasteiger partial charge on any atom is -0.478 e. The Balaban J connectivity index is 1.98. The second-order valence-electron chi connectivity index (χ2n) is 5.21. The molecule has 0 radical (unpaired) electrons. The number of aromatic carboxylic acids is 1. The number of anilines is 2. The van der Waals surface area contributed by atoms with Gasteiger partial charge in [-0.1, -0.05) is 17.7 Å². The van der Waals surface area contributed by atoms with Crippen molar-refractivity contribution in [1.82, 2.24) is 0 Å². The highest BCUT2D eigenvalue weighted by molar-refractivity contribution is 7.16. The molecule has 104 valence electrons. The van der Waals surface area contributed by atoms with Crippen molar-refractivity contribution in [3.63, 3.8) is 0 Å². The van der Waals surface area contributed by atoms with Gasteiger partial charge in [0.25, 0.3) is 0 Å². The van der Waals surface area contributed by atoms with Crippen molar-refractivity contribution in [2.45, 2.75) is 32.6 Å². The lowest BCUT2D eigenvalue weighted by molar-refractivity contribution is 0.0697. The lowest BCUT2D eigenvalue weighted by atomic mass is 9.95. The molecule has 0 saturated carbocycles. The molecule has 0 amide bonds. The standard InChI is InChI=1S/C16H17NO2S/c1-10-6-8-11(9-7-10)17-15-14(16(18)19)12-4-2-3-5-13(12)20-15/h6-9,17H,2-5H2,1H3,(H,18,19). The lowest BCUT2D eigenvalue weighted by Crippen LogP contribution is -2.06. The van der Waals surface area contributed by atoms with Gasteiger partial charge in [-0.2, -0.15) is 0 Å². The highest BCUT2D eigenvalue weighted by Crippen LogP contribution is 2.39. The van der Waals surface area contributed by atoms with Crippen LogP contribution < -0.4 is 5.32 Å². The predicted octanol–water partition coefficient (Wildman–Crippen LogP) is 4.38. The first-order valence-electron chi connectivity index (χ1n) is 6.86. The van der Waals surface area contributed by atoms with E-state index < -0.39 is 5.97 Å². The minimum atomic E-state index is -0.820. The van der Waals surface area contributed by atoms with Crippen LogP contribution in [0.2, 0.25) is 0 Å². The number of carboxylic acids is 1. The second kappa shape index (κ2) is 5.29. The summed E-state index contributed by atoms with van der Waals surface area (Å²) >= 11 is 1.60. The molecule has 0 bridgehead atoms. The number of benzene rings is 1. The first-order valence-corrected chi connectivity index (χ1v) is 7.68. The van der Waals surface area contributed by atoms with Crippen molar-refractivity contribution in [2.75, 3.05) is 5.32 Å². The number of rotatable bonds is 3. The van der Waals surface area contributed by atoms with E-state index in [0.29, 0.717) is 5.56 Å². The van der Waals surface area contributed by atoms with E-state index in [2.05, 4.69) is 5.32 Å². The Morgan fingerprint density at radius 1 is 1.20 bits per heavy atom. The predicted molar refractivity (Wildman–Crippen MR) is 82.4 cm³/mol. The topological polar surface area (TPSA) is 49.3 Å². The molecule has 3 nitrogen and oxygen atoms in total. The molecule has 20 heavy (non-hydrogen) atoms. The van der Waals surface area contributed by atoms with Crippen LogP contribution in [0.4, 0.5) is 10.7 Å². The summed E-state index contributed by atoms with van der Waals surface area (Å²) in [6.45, 7) is 2.04. The van der Waals surface area contributed by atoms with Gasteiger partial charge in [0.1, 0.15) is 5.00 Å². The van der Waals surface area contributed by atoms with Crippen LogP contribution in [0.1, 0.15) is 39.2 Å². The molecule has 0 fully saturated rings. The van der Waals surface area contributed by atoms with E-state index in [9.17, 15) is 9.90 Å². The second-order valence-corrected chi connectivity index (χ2v) is 6.32. The largest absolute Gasteiger partial charge is 0.478 e. The number of carbonyl (C=O) groups is 1. The molecule has 1 aromatic carbocycles. The average Bonchev–Trinajstić information content (AvgIpc) is 2.79. The molecule has 0 atom stereocenters. The zero-order valence-electron chi connectivity index (χ0n) is 11.4. The highest BCUT2D eigenvalue weighted by Gasteiger charge is 2.25. The Bertz CT molecular complexity index is 643. The minimum absolute atomic E-state index is 0.477. The van der Waals surface area contributed by atoms with Gasteiger partial charge in [-0.05, 0) is 50.3 Å². The van der Waals surface area contributed by atoms with E-state index in [1.165, 1.54) is 10.4 Å². The SMILES string of the molecule is Cc1ccc(Nc2sc3c(c2C(=O)O)CCCC3)cc1. The van der Waals surface area contributed by atoms with E-state index >= 15 is 0 Å². The van der Waals surface area contributed by atoms with E-state index in [4.69, 9.17) is 0 Å². The summed E-state index contributed by atoms with van der Waals surface area (Å²) in [5, 5.41) is 13.5. The Hall–Kier alpha value is -1.81. The molecule has 2 N–H and O–H groups in total. The molecule has 3 rings (SSSR count). The third kappa shape index (κ3) is 2.43. The third-order valence-corrected chi connectivity index (χ3v) is 4.90. The Morgan fingerprint density at radius 2 is 1.90 bits per heavy atom. The summed E-state index contributed by atoms with van der Waals surface area (Å²) in [5.41, 5.74) is 3.66. The van der Waals surface area contributed by atoms with Gasteiger partial charge in [0.2, 0.25) is 0 Å². The van der Waals surface area contributed by atoms with Crippen LogP contribution in [0.5, 0.6) is 0 Å². The Labute approximate surface area is 122 Å². The number of nitrogens with one attached hydrogen (secondary N) is 1. The molecule has 1 aromatic heterocycles. The quantitative estimate of drug-likeness (QED) is 0.881. The van der Waals surface area contributed by atoms with Gasteiger partial charge in [-0.3, -0.25) is 0 Å². The smallest absolute Gasteiger partial charge is 0.339 e. The van der Waals surface area contributed by atoms with Gasteiger partial charge in [-0.25, -0.2) is 4.79 Å². The molecular formula is C16H17NO2S. The van der Waals surface area contributed by atoms with E-state index in [1.807, 2.05) is 31.2 Å². The van der Waals surface area contributed by atoms with Gasteiger partial charge in [0.05, 0.1) is 5.56 Å². The maximum absolute atomic E-state index is 11.6. The maximum atomic E-state index is 11.6. The lowest BCUT2D eigenvalue weighted by Gasteiger charge is -2.10. The van der Waals surface area contributed by atoms with Crippen molar-refractivity contribution in [3.8, 4) is 0 Å². The molecule has 1 heterocycles. The molecule has 1 aliphatic carbocycles. The number of aryl methyl sites for hydroxylation is 2. The number of carboxylic acid groups (broad SMARTS) is 1. The maximum Gasteiger partial charge on any atom is 0.339 e. The van der Waals surface area contributed by atoms with Crippen LogP contribution in [-0.4, -0.2) is 11.1 Å². The summed E-state index contributed by atoms with van der Waals surface area (Å²) in [4.78, 5) is 12.8. The van der Waals surface area contributed by atoms with Gasteiger partial charge in [0, 0.05) is 10.6 Å². The van der Waals surface area contributed by atoms with Gasteiger partial charge in [-0.15, -0.1) is 11.3 Å². The average molecular weight is 287 g/mol. The van der Waals surface area contributed by atoms with Crippen molar-refractivity contribution < 1.29 is 9.90 Å². The fourth-order valence-corrected chi connectivity index (χ4v) is 3.95. The molecule has 4 heteroatoms. The van der Waals surface area contributed by atoms with E-state index in [-0.39, 0.29) is 0 Å². The van der Waals surface area contributed by atoms with Crippen LogP contribution in [0.3, 0.4) is 0 Å². The van der Waals surface area contributed by atoms with E-state index in [0.717, 1.165) is 41.9 Å². The zero-order chi connectivity index (χ0) is 14.1. The van der Waals surface area contributed by atoms with Crippen LogP contribution in [-0.2, 0) is 12.8 Å². The van der Waals surface area contributed by atoms with Crippen LogP contribution in [0.25, 0.3) is 0 Å². The molecule has 0 saturated heterocycles. The summed E-state index contributed by atoms with van der Waals surface area (Å²) < 4.78 is 0. The van der Waals surface area contributed by atoms with Gasteiger partial charge in [0.15, 0.2) is 0 Å². The number of hydrogen-bond donors (Lipinski definition) is 2. The molecular weight excluding hydrogens is 270 g/mol. The highest BCUT2D eigenvalue weighted by atomic mass is 32.1. The normalized spacial score (nSPS) is 13.8. The van der Waals surface area contributed by atoms with Gasteiger partial charge >= 0.3 is 5.97 Å². The van der Waals surface area contributed by atoms with Crippen LogP contribution in [0, 0.1) is 6.92 Å². The number of hydrogen-bond acceptors (Lipinski definition) is 3. The summed E-state index contributed by atoms with van der Waals surface area (Å²) in [5.74, 6) is -0.820. The van der Waals surface area contributed by atoms with E-state index in [1.54, 1.807) is 11.3 Å². The monoisotopic (exact) mass is 287 g/mol. The Kier molecular flexibility index (Phi) is 3.49. The number of fused-ring (bicyclic) bond motifs is 1. The fraction of sp³-hybridized carbons (Fsp3) is 0.312. The molecule has 2 aromatic rings. The molecule has 0 unspecified atom stereocenters. The summed E-state index contributed by atoms with van der Waals surface area (Å²) in [6, 6.07) is 8.02. The summed E-state index contributed by atoms with van der Waals surface area (Å²) in [7, 11) is 0. The Morgan fingerprint density at radius 3 is 2.60 bits per heavy atom. The van der Waals surface area contributed by atoms with Crippen LogP contribution >= 0.6 is 11.3 Å². The van der Waals surface area contributed by atoms with Crippen molar-refractivity contribution in [2.24, 2.45) is 0 Å².